The van der Waals surface area contributed by atoms with Gasteiger partial charge >= 0.3 is 0 Å². The van der Waals surface area contributed by atoms with Crippen LogP contribution in [-0.2, 0) is 13.1 Å². The van der Waals surface area contributed by atoms with E-state index < -0.39 is 0 Å². The highest BCUT2D eigenvalue weighted by Crippen LogP contribution is 2.24. The molecule has 26 heavy (non-hydrogen) atoms. The van der Waals surface area contributed by atoms with Crippen LogP contribution < -0.4 is 4.90 Å². The molecule has 2 aromatic heterocycles. The molecule has 4 rings (SSSR count). The zero-order chi connectivity index (χ0) is 17.8. The van der Waals surface area contributed by atoms with E-state index in [0.717, 1.165) is 11.4 Å². The Hall–Kier alpha value is -2.18. The molecule has 1 aliphatic heterocycles. The molecule has 3 aromatic rings. The number of benzene rings is 1. The van der Waals surface area contributed by atoms with Crippen molar-refractivity contribution in [3.8, 4) is 10.8 Å². The largest absolute Gasteiger partial charge is 0.419 e. The van der Waals surface area contributed by atoms with Gasteiger partial charge in [-0.05, 0) is 55.5 Å². The Bertz CT molecular complexity index is 807. The molecule has 136 valence electrons. The lowest BCUT2D eigenvalue weighted by atomic mass is 10.1. The molecule has 5 nitrogen and oxygen atoms in total. The van der Waals surface area contributed by atoms with Crippen LogP contribution in [0.15, 0.2) is 46.2 Å². The quantitative estimate of drug-likeness (QED) is 0.644. The van der Waals surface area contributed by atoms with Crippen molar-refractivity contribution in [3.63, 3.8) is 0 Å². The van der Waals surface area contributed by atoms with Crippen LogP contribution in [-0.4, -0.2) is 35.2 Å². The summed E-state index contributed by atoms with van der Waals surface area (Å²) in [5.74, 6) is 1.26. The van der Waals surface area contributed by atoms with Crippen molar-refractivity contribution >= 4 is 17.0 Å². The first-order valence-corrected chi connectivity index (χ1v) is 10.0. The molecule has 0 N–H and O–H groups in total. The molecule has 0 bridgehead atoms. The van der Waals surface area contributed by atoms with Crippen LogP contribution in [0, 0.1) is 0 Å². The molecule has 1 aliphatic rings. The number of hydrogen-bond donors (Lipinski definition) is 0. The van der Waals surface area contributed by atoms with Crippen LogP contribution in [0.1, 0.15) is 30.7 Å². The predicted octanol–water partition coefficient (Wildman–Crippen LogP) is 4.42. The third-order valence-corrected chi connectivity index (χ3v) is 5.57. The van der Waals surface area contributed by atoms with Gasteiger partial charge in [-0.2, -0.15) is 0 Å². The number of thiophene rings is 1. The maximum Gasteiger partial charge on any atom is 0.257 e. The minimum Gasteiger partial charge on any atom is -0.419 e. The summed E-state index contributed by atoms with van der Waals surface area (Å²) in [7, 11) is 2.08. The van der Waals surface area contributed by atoms with Gasteiger partial charge in [-0.3, -0.25) is 4.90 Å². The lowest BCUT2D eigenvalue weighted by Crippen LogP contribution is -2.29. The van der Waals surface area contributed by atoms with E-state index in [4.69, 9.17) is 4.42 Å². The average Bonchev–Trinajstić information content (AvgIpc) is 3.35. The molecule has 3 heterocycles. The van der Waals surface area contributed by atoms with E-state index in [-0.39, 0.29) is 0 Å². The predicted molar refractivity (Wildman–Crippen MR) is 105 cm³/mol. The smallest absolute Gasteiger partial charge is 0.257 e. The van der Waals surface area contributed by atoms with Crippen molar-refractivity contribution < 1.29 is 4.42 Å². The van der Waals surface area contributed by atoms with Gasteiger partial charge in [0, 0.05) is 25.3 Å². The van der Waals surface area contributed by atoms with Gasteiger partial charge in [0.2, 0.25) is 5.89 Å². The Morgan fingerprint density at radius 2 is 1.85 bits per heavy atom. The number of anilines is 1. The van der Waals surface area contributed by atoms with Crippen LogP contribution in [0.4, 0.5) is 5.69 Å². The Labute approximate surface area is 158 Å². The molecule has 0 spiro atoms. The minimum absolute atomic E-state index is 0.606. The minimum atomic E-state index is 0.606. The van der Waals surface area contributed by atoms with Gasteiger partial charge in [0.1, 0.15) is 0 Å². The molecule has 0 saturated carbocycles. The van der Waals surface area contributed by atoms with Gasteiger partial charge in [0.25, 0.3) is 5.89 Å². The van der Waals surface area contributed by atoms with E-state index in [1.165, 1.54) is 43.6 Å². The lowest BCUT2D eigenvalue weighted by molar-refractivity contribution is 0.283. The second-order valence-corrected chi connectivity index (χ2v) is 7.81. The lowest BCUT2D eigenvalue weighted by Gasteiger charge is -2.29. The zero-order valence-electron chi connectivity index (χ0n) is 15.1. The van der Waals surface area contributed by atoms with Gasteiger partial charge in [-0.15, -0.1) is 21.5 Å². The summed E-state index contributed by atoms with van der Waals surface area (Å²) in [6.45, 7) is 3.87. The van der Waals surface area contributed by atoms with E-state index in [1.54, 1.807) is 11.3 Å². The molecule has 0 unspecified atom stereocenters. The highest BCUT2D eigenvalue weighted by Gasteiger charge is 2.13. The van der Waals surface area contributed by atoms with E-state index in [1.807, 2.05) is 17.5 Å². The monoisotopic (exact) mass is 368 g/mol. The fourth-order valence-electron chi connectivity index (χ4n) is 3.38. The summed E-state index contributed by atoms with van der Waals surface area (Å²) in [6, 6.07) is 12.9. The van der Waals surface area contributed by atoms with Crippen LogP contribution in [0.5, 0.6) is 0 Å². The van der Waals surface area contributed by atoms with Crippen LogP contribution >= 0.6 is 11.3 Å². The normalized spacial score (nSPS) is 14.9. The molecule has 1 fully saturated rings. The van der Waals surface area contributed by atoms with Gasteiger partial charge in [0.05, 0.1) is 11.4 Å². The third kappa shape index (κ3) is 4.14. The molecule has 0 amide bonds. The fourth-order valence-corrected chi connectivity index (χ4v) is 4.02. The van der Waals surface area contributed by atoms with E-state index in [0.29, 0.717) is 18.3 Å². The van der Waals surface area contributed by atoms with Crippen molar-refractivity contribution in [2.45, 2.75) is 32.4 Å². The zero-order valence-corrected chi connectivity index (χ0v) is 15.9. The van der Waals surface area contributed by atoms with E-state index in [2.05, 4.69) is 51.3 Å². The Balaban J connectivity index is 1.33. The molecule has 0 aliphatic carbocycles. The van der Waals surface area contributed by atoms with Gasteiger partial charge in [-0.1, -0.05) is 18.2 Å². The van der Waals surface area contributed by atoms with Crippen LogP contribution in [0.2, 0.25) is 0 Å². The second-order valence-electron chi connectivity index (χ2n) is 6.86. The molecule has 0 atom stereocenters. The standard InChI is InChI=1S/C20H24N4OS/c1-23(15-19-21-22-20(25-19)18-6-5-13-26-18)14-16-7-9-17(10-8-16)24-11-3-2-4-12-24/h5-10,13H,2-4,11-12,14-15H2,1H3. The summed E-state index contributed by atoms with van der Waals surface area (Å²) in [4.78, 5) is 5.70. The van der Waals surface area contributed by atoms with Crippen molar-refractivity contribution in [1.29, 1.82) is 0 Å². The maximum absolute atomic E-state index is 5.77. The highest BCUT2D eigenvalue weighted by molar-refractivity contribution is 7.13. The second kappa shape index (κ2) is 8.01. The molecule has 6 heteroatoms. The number of aromatic nitrogens is 2. The fraction of sp³-hybridized carbons (Fsp3) is 0.400. The van der Waals surface area contributed by atoms with Gasteiger partial charge < -0.3 is 9.32 Å². The summed E-state index contributed by atoms with van der Waals surface area (Å²) >= 11 is 1.61. The number of piperidine rings is 1. The highest BCUT2D eigenvalue weighted by atomic mass is 32.1. The topological polar surface area (TPSA) is 45.4 Å². The van der Waals surface area contributed by atoms with Crippen molar-refractivity contribution in [1.82, 2.24) is 15.1 Å². The molecular weight excluding hydrogens is 344 g/mol. The molecule has 1 saturated heterocycles. The third-order valence-electron chi connectivity index (χ3n) is 4.71. The average molecular weight is 369 g/mol. The Kier molecular flexibility index (Phi) is 5.32. The first kappa shape index (κ1) is 17.2. The van der Waals surface area contributed by atoms with Crippen LogP contribution in [0.25, 0.3) is 10.8 Å². The summed E-state index contributed by atoms with van der Waals surface area (Å²) in [6.07, 6.45) is 3.98. The van der Waals surface area contributed by atoms with Gasteiger partial charge in [-0.25, -0.2) is 0 Å². The maximum atomic E-state index is 5.77. The Morgan fingerprint density at radius 1 is 1.04 bits per heavy atom. The number of nitrogens with zero attached hydrogens (tertiary/aromatic N) is 4. The van der Waals surface area contributed by atoms with Crippen molar-refractivity contribution in [3.05, 3.63) is 53.2 Å². The Morgan fingerprint density at radius 3 is 2.58 bits per heavy atom. The summed E-state index contributed by atoms with van der Waals surface area (Å²) < 4.78 is 5.77. The number of rotatable bonds is 6. The van der Waals surface area contributed by atoms with Crippen molar-refractivity contribution in [2.24, 2.45) is 0 Å². The van der Waals surface area contributed by atoms with E-state index >= 15 is 0 Å². The number of hydrogen-bond acceptors (Lipinski definition) is 6. The van der Waals surface area contributed by atoms with Gasteiger partial charge in [0.15, 0.2) is 0 Å². The first-order valence-electron chi connectivity index (χ1n) is 9.16. The summed E-state index contributed by atoms with van der Waals surface area (Å²) in [5.41, 5.74) is 2.64. The summed E-state index contributed by atoms with van der Waals surface area (Å²) in [5, 5.41) is 10.3. The molecule has 1 aromatic carbocycles. The van der Waals surface area contributed by atoms with Crippen molar-refractivity contribution in [2.75, 3.05) is 25.0 Å². The first-order chi connectivity index (χ1) is 12.8. The molecular formula is C20H24N4OS. The molecule has 0 radical (unpaired) electrons. The van der Waals surface area contributed by atoms with E-state index in [9.17, 15) is 0 Å². The SMILES string of the molecule is CN(Cc1ccc(N2CCCCC2)cc1)Cc1nnc(-c2cccs2)o1. The van der Waals surface area contributed by atoms with Crippen LogP contribution in [0.3, 0.4) is 0 Å².